The van der Waals surface area contributed by atoms with E-state index in [-0.39, 0.29) is 23.8 Å². The van der Waals surface area contributed by atoms with Crippen molar-refractivity contribution < 1.29 is 10.2 Å². The van der Waals surface area contributed by atoms with Gasteiger partial charge in [0.05, 0.1) is 12.3 Å². The van der Waals surface area contributed by atoms with Crippen molar-refractivity contribution in [2.24, 2.45) is 0 Å². The van der Waals surface area contributed by atoms with E-state index in [9.17, 15) is 9.90 Å². The number of aryl methyl sites for hydroxylation is 1. The van der Waals surface area contributed by atoms with E-state index < -0.39 is 0 Å². The molecule has 0 bridgehead atoms. The number of aliphatic hydroxyl groups excluding tert-OH is 1. The molecular formula is C14H24N2O3. The van der Waals surface area contributed by atoms with Gasteiger partial charge < -0.3 is 14.8 Å². The van der Waals surface area contributed by atoms with Gasteiger partial charge in [0, 0.05) is 30.9 Å². The Morgan fingerprint density at radius 3 is 2.63 bits per heavy atom. The number of hydrogen-bond acceptors (Lipinski definition) is 4. The second kappa shape index (κ2) is 6.73. The van der Waals surface area contributed by atoms with E-state index in [2.05, 4.69) is 13.8 Å². The van der Waals surface area contributed by atoms with Gasteiger partial charge in [-0.15, -0.1) is 0 Å². The number of rotatable bonds is 6. The highest BCUT2D eigenvalue weighted by atomic mass is 16.3. The Morgan fingerprint density at radius 2 is 2.11 bits per heavy atom. The van der Waals surface area contributed by atoms with E-state index in [1.807, 2.05) is 23.4 Å². The maximum Gasteiger partial charge on any atom is 0.223 e. The minimum absolute atomic E-state index is 0.0522. The monoisotopic (exact) mass is 268 g/mol. The van der Waals surface area contributed by atoms with E-state index in [4.69, 9.17) is 5.11 Å². The van der Waals surface area contributed by atoms with Gasteiger partial charge in [0.15, 0.2) is 5.75 Å². The van der Waals surface area contributed by atoms with Crippen LogP contribution in [0, 0.1) is 6.92 Å². The molecule has 5 heteroatoms. The Kier molecular flexibility index (Phi) is 5.57. The zero-order chi connectivity index (χ0) is 14.6. The van der Waals surface area contributed by atoms with Crippen molar-refractivity contribution in [1.82, 2.24) is 9.47 Å². The molecule has 1 aromatic rings. The minimum atomic E-state index is -0.343. The second-order valence-electron chi connectivity index (χ2n) is 5.03. The SMILES string of the molecule is CCC(C)n1c(C)cc(=O)c(O)c1CN(C)CCO. The molecule has 1 aromatic heterocycles. The average Bonchev–Trinajstić information content (AvgIpc) is 2.35. The summed E-state index contributed by atoms with van der Waals surface area (Å²) in [5.74, 6) is -0.185. The summed E-state index contributed by atoms with van der Waals surface area (Å²) >= 11 is 0. The molecule has 0 aliphatic carbocycles. The number of pyridine rings is 1. The maximum atomic E-state index is 11.7. The number of aliphatic hydroxyl groups is 1. The lowest BCUT2D eigenvalue weighted by Crippen LogP contribution is -2.27. The first-order chi connectivity index (χ1) is 8.92. The summed E-state index contributed by atoms with van der Waals surface area (Å²) < 4.78 is 2.00. The number of hydrogen-bond donors (Lipinski definition) is 2. The third-order valence-corrected chi connectivity index (χ3v) is 3.45. The van der Waals surface area contributed by atoms with Gasteiger partial charge in [0.1, 0.15) is 0 Å². The molecule has 0 saturated carbocycles. The largest absolute Gasteiger partial charge is 0.503 e. The number of aromatic hydroxyl groups is 1. The lowest BCUT2D eigenvalue weighted by molar-refractivity contribution is 0.211. The third-order valence-electron chi connectivity index (χ3n) is 3.45. The predicted molar refractivity (Wildman–Crippen MR) is 75.5 cm³/mol. The van der Waals surface area contributed by atoms with Crippen molar-refractivity contribution in [2.75, 3.05) is 20.2 Å². The summed E-state index contributed by atoms with van der Waals surface area (Å²) in [6.45, 7) is 7.00. The smallest absolute Gasteiger partial charge is 0.223 e. The standard InChI is InChI=1S/C14H24N2O3/c1-5-10(2)16-11(3)8-13(18)14(19)12(16)9-15(4)6-7-17/h8,10,17,19H,5-7,9H2,1-4H3. The first-order valence-electron chi connectivity index (χ1n) is 6.65. The Bertz CT molecular complexity index is 482. The molecule has 0 saturated heterocycles. The van der Waals surface area contributed by atoms with Crippen LogP contribution in [-0.4, -0.2) is 39.9 Å². The molecule has 2 N–H and O–H groups in total. The average molecular weight is 268 g/mol. The highest BCUT2D eigenvalue weighted by Gasteiger charge is 2.17. The van der Waals surface area contributed by atoms with E-state index in [1.54, 1.807) is 0 Å². The zero-order valence-electron chi connectivity index (χ0n) is 12.2. The van der Waals surface area contributed by atoms with Crippen LogP contribution in [0.5, 0.6) is 5.75 Å². The van der Waals surface area contributed by atoms with Crippen molar-refractivity contribution in [3.8, 4) is 5.75 Å². The van der Waals surface area contributed by atoms with Crippen molar-refractivity contribution in [2.45, 2.75) is 39.8 Å². The van der Waals surface area contributed by atoms with Crippen LogP contribution >= 0.6 is 0 Å². The lowest BCUT2D eigenvalue weighted by atomic mass is 10.1. The molecule has 108 valence electrons. The molecule has 1 unspecified atom stereocenters. The van der Waals surface area contributed by atoms with E-state index in [0.717, 1.165) is 12.1 Å². The van der Waals surface area contributed by atoms with Crippen molar-refractivity contribution >= 4 is 0 Å². The molecule has 0 amide bonds. The predicted octanol–water partition coefficient (Wildman–Crippen LogP) is 1.26. The number of nitrogens with zero attached hydrogens (tertiary/aromatic N) is 2. The fourth-order valence-electron chi connectivity index (χ4n) is 2.25. The summed E-state index contributed by atoms with van der Waals surface area (Å²) in [6.07, 6.45) is 0.917. The van der Waals surface area contributed by atoms with E-state index in [1.165, 1.54) is 6.07 Å². The Hall–Kier alpha value is -1.33. The lowest BCUT2D eigenvalue weighted by Gasteiger charge is -2.26. The fraction of sp³-hybridized carbons (Fsp3) is 0.643. The van der Waals surface area contributed by atoms with Gasteiger partial charge in [-0.1, -0.05) is 6.92 Å². The fourth-order valence-corrected chi connectivity index (χ4v) is 2.25. The van der Waals surface area contributed by atoms with Crippen molar-refractivity contribution in [1.29, 1.82) is 0 Å². The van der Waals surface area contributed by atoms with Gasteiger partial charge in [-0.25, -0.2) is 0 Å². The molecule has 0 aliphatic heterocycles. The topological polar surface area (TPSA) is 65.7 Å². The molecule has 0 spiro atoms. The molecule has 19 heavy (non-hydrogen) atoms. The Labute approximate surface area is 114 Å². The molecule has 0 radical (unpaired) electrons. The first-order valence-corrected chi connectivity index (χ1v) is 6.65. The van der Waals surface area contributed by atoms with Crippen molar-refractivity contribution in [3.63, 3.8) is 0 Å². The highest BCUT2D eigenvalue weighted by molar-refractivity contribution is 5.30. The van der Waals surface area contributed by atoms with Crippen LogP contribution in [0.4, 0.5) is 0 Å². The zero-order valence-corrected chi connectivity index (χ0v) is 12.2. The van der Waals surface area contributed by atoms with Gasteiger partial charge in [0.2, 0.25) is 5.43 Å². The molecular weight excluding hydrogens is 244 g/mol. The van der Waals surface area contributed by atoms with Gasteiger partial charge in [-0.3, -0.25) is 9.69 Å². The molecule has 0 aromatic carbocycles. The molecule has 5 nitrogen and oxygen atoms in total. The van der Waals surface area contributed by atoms with Crippen LogP contribution in [0.2, 0.25) is 0 Å². The molecule has 1 atom stereocenters. The minimum Gasteiger partial charge on any atom is -0.503 e. The summed E-state index contributed by atoms with van der Waals surface area (Å²) in [7, 11) is 1.85. The van der Waals surface area contributed by atoms with Gasteiger partial charge in [-0.05, 0) is 27.3 Å². The molecule has 0 fully saturated rings. The highest BCUT2D eigenvalue weighted by Crippen LogP contribution is 2.22. The Morgan fingerprint density at radius 1 is 1.47 bits per heavy atom. The second-order valence-corrected chi connectivity index (χ2v) is 5.03. The van der Waals surface area contributed by atoms with E-state index >= 15 is 0 Å². The van der Waals surface area contributed by atoms with Crippen LogP contribution in [0.25, 0.3) is 0 Å². The summed E-state index contributed by atoms with van der Waals surface area (Å²) in [4.78, 5) is 13.6. The summed E-state index contributed by atoms with van der Waals surface area (Å²) in [5.41, 5.74) is 1.13. The molecule has 1 rings (SSSR count). The maximum absolute atomic E-state index is 11.7. The first kappa shape index (κ1) is 15.7. The normalized spacial score (nSPS) is 12.9. The van der Waals surface area contributed by atoms with Crippen molar-refractivity contribution in [3.05, 3.63) is 27.7 Å². The quantitative estimate of drug-likeness (QED) is 0.815. The van der Waals surface area contributed by atoms with Crippen LogP contribution in [0.3, 0.4) is 0 Å². The van der Waals surface area contributed by atoms with Crippen LogP contribution in [0.15, 0.2) is 10.9 Å². The van der Waals surface area contributed by atoms with Crippen LogP contribution < -0.4 is 5.43 Å². The molecule has 0 aliphatic rings. The van der Waals surface area contributed by atoms with Crippen LogP contribution in [0.1, 0.15) is 37.7 Å². The number of likely N-dealkylation sites (N-methyl/N-ethyl adjacent to an activating group) is 1. The summed E-state index contributed by atoms with van der Waals surface area (Å²) in [6, 6.07) is 1.68. The third kappa shape index (κ3) is 3.58. The number of aromatic nitrogens is 1. The van der Waals surface area contributed by atoms with Gasteiger partial charge >= 0.3 is 0 Å². The Balaban J connectivity index is 3.28. The van der Waals surface area contributed by atoms with E-state index in [0.29, 0.717) is 18.8 Å². The van der Waals surface area contributed by atoms with Gasteiger partial charge in [-0.2, -0.15) is 0 Å². The van der Waals surface area contributed by atoms with Crippen LogP contribution in [-0.2, 0) is 6.54 Å². The molecule has 1 heterocycles. The van der Waals surface area contributed by atoms with Gasteiger partial charge in [0.25, 0.3) is 0 Å². The summed E-state index contributed by atoms with van der Waals surface area (Å²) in [5, 5.41) is 19.0.